The Morgan fingerprint density at radius 2 is 0.708 bits per heavy atom. The van der Waals surface area contributed by atoms with E-state index in [-0.39, 0.29) is 0 Å². The van der Waals surface area contributed by atoms with Crippen molar-refractivity contribution in [1.82, 2.24) is 0 Å². The minimum absolute atomic E-state index is 0.629. The molecule has 1 heterocycles. The fourth-order valence-electron chi connectivity index (χ4n) is 9.96. The molecule has 0 radical (unpaired) electrons. The summed E-state index contributed by atoms with van der Waals surface area (Å²) in [6, 6.07) is 5.00. The molecular weight excluding hydrogens is 811 g/mol. The zero-order chi connectivity index (χ0) is 46.5. The van der Waals surface area contributed by atoms with Crippen LogP contribution in [-0.4, -0.2) is 19.4 Å². The number of aliphatic imine (C=N–C) groups is 1. The first kappa shape index (κ1) is 59.3. The highest BCUT2D eigenvalue weighted by atomic mass is 32.1. The molecule has 2 aromatic rings. The molecule has 1 aromatic heterocycles. The Kier molecular flexibility index (Phi) is 40.8. The van der Waals surface area contributed by atoms with Crippen molar-refractivity contribution in [2.45, 2.75) is 311 Å². The van der Waals surface area contributed by atoms with Crippen LogP contribution in [0.15, 0.2) is 22.5 Å². The van der Waals surface area contributed by atoms with Crippen LogP contribution in [0.1, 0.15) is 313 Å². The van der Waals surface area contributed by atoms with Crippen molar-refractivity contribution in [3.05, 3.63) is 45.3 Å². The lowest BCUT2D eigenvalue weighted by Gasteiger charge is -2.19. The highest BCUT2D eigenvalue weighted by molar-refractivity contribution is 7.12. The summed E-state index contributed by atoms with van der Waals surface area (Å²) in [4.78, 5) is 5.13. The van der Waals surface area contributed by atoms with E-state index in [0.717, 1.165) is 22.9 Å². The number of aryl methyl sites for hydroxylation is 1. The summed E-state index contributed by atoms with van der Waals surface area (Å²) >= 11 is 1.62. The van der Waals surface area contributed by atoms with Gasteiger partial charge in [0.2, 0.25) is 5.06 Å². The average molecular weight is 921 g/mol. The lowest BCUT2D eigenvalue weighted by Crippen LogP contribution is -2.06. The van der Waals surface area contributed by atoms with E-state index in [1.807, 2.05) is 13.1 Å². The van der Waals surface area contributed by atoms with Crippen LogP contribution < -0.4 is 9.47 Å². The maximum Gasteiger partial charge on any atom is 0.217 e. The van der Waals surface area contributed by atoms with Gasteiger partial charge in [0.05, 0.1) is 19.8 Å². The maximum absolute atomic E-state index is 6.06. The Bertz CT molecular complexity index is 1350. The van der Waals surface area contributed by atoms with Gasteiger partial charge in [-0.3, -0.25) is 4.99 Å². The zero-order valence-corrected chi connectivity index (χ0v) is 45.1. The standard InChI is InChI=1S/C61H109NO2S/c1-6-11-14-17-20-23-26-29-32-35-38-41-44-47-55-50-51-56(52-62-53-57-54-65-61(64-10-5)60(57)63-9-4)59(49-46-43-40-37-34-31-28-25-22-19-16-13-8-3)58(55)48-45-42-39-36-33-30-27-24-21-18-15-12-7-2/h50-51,53-54H,6-49,52H2,1-5H3. The molecule has 0 saturated heterocycles. The van der Waals surface area contributed by atoms with Gasteiger partial charge in [0.25, 0.3) is 0 Å². The topological polar surface area (TPSA) is 30.8 Å². The fraction of sp³-hybridized carbons (Fsp3) is 0.820. The molecule has 0 N–H and O–H groups in total. The van der Waals surface area contributed by atoms with Crippen LogP contribution in [0.25, 0.3) is 0 Å². The molecule has 0 bridgehead atoms. The number of rotatable bonds is 49. The highest BCUT2D eigenvalue weighted by Gasteiger charge is 2.16. The Morgan fingerprint density at radius 3 is 1.08 bits per heavy atom. The largest absolute Gasteiger partial charge is 0.488 e. The van der Waals surface area contributed by atoms with E-state index >= 15 is 0 Å². The van der Waals surface area contributed by atoms with Crippen molar-refractivity contribution in [2.75, 3.05) is 13.2 Å². The summed E-state index contributed by atoms with van der Waals surface area (Å²) in [5.41, 5.74) is 7.52. The monoisotopic (exact) mass is 920 g/mol. The first-order valence-corrected chi connectivity index (χ1v) is 30.1. The molecule has 0 fully saturated rings. The van der Waals surface area contributed by atoms with Crippen LogP contribution in [0.5, 0.6) is 10.8 Å². The van der Waals surface area contributed by atoms with E-state index in [1.54, 1.807) is 28.0 Å². The van der Waals surface area contributed by atoms with Crippen molar-refractivity contribution in [1.29, 1.82) is 0 Å². The predicted octanol–water partition coefficient (Wildman–Crippen LogP) is 21.1. The molecule has 0 aliphatic carbocycles. The molecule has 1 aromatic carbocycles. The average Bonchev–Trinajstić information content (AvgIpc) is 3.69. The van der Waals surface area contributed by atoms with Crippen molar-refractivity contribution in [3.63, 3.8) is 0 Å². The minimum Gasteiger partial charge on any atom is -0.488 e. The third-order valence-corrected chi connectivity index (χ3v) is 14.9. The van der Waals surface area contributed by atoms with Gasteiger partial charge in [0.1, 0.15) is 0 Å². The Balaban J connectivity index is 2.08. The first-order valence-electron chi connectivity index (χ1n) is 29.2. The maximum atomic E-state index is 6.06. The van der Waals surface area contributed by atoms with Crippen LogP contribution in [0.4, 0.5) is 0 Å². The van der Waals surface area contributed by atoms with E-state index in [9.17, 15) is 0 Å². The van der Waals surface area contributed by atoms with Crippen LogP contribution in [-0.2, 0) is 25.8 Å². The number of benzene rings is 1. The second-order valence-electron chi connectivity index (χ2n) is 20.0. The number of hydrogen-bond donors (Lipinski definition) is 0. The molecule has 0 spiro atoms. The Labute approximate surface area is 410 Å². The van der Waals surface area contributed by atoms with Gasteiger partial charge in [-0.25, -0.2) is 0 Å². The third kappa shape index (κ3) is 31.0. The molecule has 0 atom stereocenters. The van der Waals surface area contributed by atoms with Gasteiger partial charge in [-0.05, 0) is 74.6 Å². The van der Waals surface area contributed by atoms with Gasteiger partial charge in [-0.1, -0.05) is 264 Å². The smallest absolute Gasteiger partial charge is 0.217 e. The molecule has 2 rings (SSSR count). The summed E-state index contributed by atoms with van der Waals surface area (Å²) in [6.45, 7) is 13.1. The molecule has 0 saturated carbocycles. The van der Waals surface area contributed by atoms with Gasteiger partial charge >= 0.3 is 0 Å². The molecule has 376 valence electrons. The first-order chi connectivity index (χ1) is 32.2. The Hall–Kier alpha value is -1.81. The molecule has 4 heteroatoms. The summed E-state index contributed by atoms with van der Waals surface area (Å²) in [7, 11) is 0. The molecule has 0 aliphatic rings. The predicted molar refractivity (Wildman–Crippen MR) is 293 cm³/mol. The van der Waals surface area contributed by atoms with Gasteiger partial charge in [0.15, 0.2) is 5.75 Å². The quantitative estimate of drug-likeness (QED) is 0.0489. The minimum atomic E-state index is 0.629. The molecule has 0 aliphatic heterocycles. The second kappa shape index (κ2) is 44.7. The zero-order valence-electron chi connectivity index (χ0n) is 44.3. The highest BCUT2D eigenvalue weighted by Crippen LogP contribution is 2.38. The Morgan fingerprint density at radius 1 is 0.385 bits per heavy atom. The van der Waals surface area contributed by atoms with E-state index in [2.05, 4.69) is 45.2 Å². The molecule has 65 heavy (non-hydrogen) atoms. The number of nitrogens with zero attached hydrogens (tertiary/aromatic N) is 1. The van der Waals surface area contributed by atoms with Crippen molar-refractivity contribution < 1.29 is 9.47 Å². The van der Waals surface area contributed by atoms with E-state index < -0.39 is 0 Å². The van der Waals surface area contributed by atoms with Crippen LogP contribution in [0.2, 0.25) is 0 Å². The lowest BCUT2D eigenvalue weighted by atomic mass is 9.87. The van der Waals surface area contributed by atoms with Crippen molar-refractivity contribution in [2.24, 2.45) is 4.99 Å². The van der Waals surface area contributed by atoms with Gasteiger partial charge < -0.3 is 9.47 Å². The normalized spacial score (nSPS) is 11.7. The second-order valence-corrected chi connectivity index (χ2v) is 20.8. The summed E-state index contributed by atoms with van der Waals surface area (Å²) in [6.07, 6.45) is 60.8. The number of unbranched alkanes of at least 4 members (excludes halogenated alkanes) is 36. The number of thiophene rings is 1. The van der Waals surface area contributed by atoms with Crippen molar-refractivity contribution in [3.8, 4) is 10.8 Å². The van der Waals surface area contributed by atoms with Gasteiger partial charge in [-0.2, -0.15) is 0 Å². The summed E-state index contributed by atoms with van der Waals surface area (Å²) in [5.74, 6) is 0.853. The molecule has 3 nitrogen and oxygen atoms in total. The summed E-state index contributed by atoms with van der Waals surface area (Å²) < 4.78 is 12.0. The van der Waals surface area contributed by atoms with Crippen LogP contribution >= 0.6 is 11.3 Å². The van der Waals surface area contributed by atoms with Crippen LogP contribution in [0, 0.1) is 0 Å². The third-order valence-electron chi connectivity index (χ3n) is 14.0. The fourth-order valence-corrected chi connectivity index (χ4v) is 10.8. The van der Waals surface area contributed by atoms with E-state index in [4.69, 9.17) is 14.5 Å². The molecule has 0 unspecified atom stereocenters. The number of hydrogen-bond acceptors (Lipinski definition) is 4. The lowest BCUT2D eigenvalue weighted by molar-refractivity contribution is 0.295. The van der Waals surface area contributed by atoms with E-state index in [1.165, 1.54) is 275 Å². The van der Waals surface area contributed by atoms with Gasteiger partial charge in [-0.15, -0.1) is 11.3 Å². The SMILES string of the molecule is CCCCCCCCCCCCCCCc1ccc(CN=Cc2csc(OCC)c2OCC)c(CCCCCCCCCCCCCCC)c1CCCCCCCCCCCCCCC. The number of ether oxygens (including phenoxy) is 2. The summed E-state index contributed by atoms with van der Waals surface area (Å²) in [5, 5.41) is 3.02. The van der Waals surface area contributed by atoms with E-state index in [0.29, 0.717) is 13.2 Å². The molecule has 0 amide bonds. The van der Waals surface area contributed by atoms with Crippen molar-refractivity contribution >= 4 is 17.6 Å². The van der Waals surface area contributed by atoms with Gasteiger partial charge in [0, 0.05) is 17.2 Å². The molecular formula is C61H109NO2S. The van der Waals surface area contributed by atoms with Crippen LogP contribution in [0.3, 0.4) is 0 Å².